The predicted molar refractivity (Wildman–Crippen MR) is 139 cm³/mol. The topological polar surface area (TPSA) is 4.93 Å². The maximum atomic E-state index is 2.47. The van der Waals surface area contributed by atoms with Gasteiger partial charge in [0, 0.05) is 22.4 Å². The van der Waals surface area contributed by atoms with Crippen LogP contribution in [-0.4, -0.2) is 4.57 Å². The zero-order chi connectivity index (χ0) is 21.9. The second kappa shape index (κ2) is 6.95. The molecular weight excluding hydrogens is 398 g/mol. The Bertz CT molecular complexity index is 1650. The third kappa shape index (κ3) is 2.60. The lowest BCUT2D eigenvalue weighted by Crippen LogP contribution is -1.99. The minimum Gasteiger partial charge on any atom is -0.309 e. The van der Waals surface area contributed by atoms with Gasteiger partial charge in [-0.05, 0) is 51.6 Å². The summed E-state index contributed by atoms with van der Waals surface area (Å²) in [6.07, 6.45) is 0. The van der Waals surface area contributed by atoms with Gasteiger partial charge in [0.05, 0.1) is 11.0 Å². The number of para-hydroxylation sites is 1. The highest BCUT2D eigenvalue weighted by Crippen LogP contribution is 2.49. The van der Waals surface area contributed by atoms with Crippen molar-refractivity contribution in [3.63, 3.8) is 0 Å². The molecule has 1 heterocycles. The maximum absolute atomic E-state index is 2.47. The van der Waals surface area contributed by atoms with Crippen LogP contribution < -0.4 is 0 Å². The van der Waals surface area contributed by atoms with Crippen LogP contribution >= 0.6 is 0 Å². The van der Waals surface area contributed by atoms with E-state index in [1.807, 2.05) is 0 Å². The number of rotatable bonds is 2. The van der Waals surface area contributed by atoms with Crippen LogP contribution in [0.4, 0.5) is 0 Å². The summed E-state index contributed by atoms with van der Waals surface area (Å²) in [6.45, 7) is 2.35. The number of nitrogens with zero attached hydrogens (tertiary/aromatic N) is 1. The molecule has 5 aromatic carbocycles. The van der Waals surface area contributed by atoms with Crippen molar-refractivity contribution in [2.24, 2.45) is 0 Å². The number of hydrogen-bond acceptors (Lipinski definition) is 0. The van der Waals surface area contributed by atoms with E-state index in [-0.39, 0.29) is 0 Å². The molecule has 1 unspecified atom stereocenters. The van der Waals surface area contributed by atoms with Crippen LogP contribution in [0.1, 0.15) is 24.0 Å². The molecule has 0 saturated carbocycles. The summed E-state index contributed by atoms with van der Waals surface area (Å²) in [6, 6.07) is 41.9. The second-order valence-electron chi connectivity index (χ2n) is 9.00. The SMILES string of the molecule is CC1c2ccccc2-c2ccc3c4ccccc4n(-c4ccc(-c5ccccc5)cc4)c3c21. The monoisotopic (exact) mass is 421 g/mol. The molecule has 7 rings (SSSR count). The van der Waals surface area contributed by atoms with Crippen LogP contribution in [0.15, 0.2) is 115 Å². The quantitative estimate of drug-likeness (QED) is 0.264. The van der Waals surface area contributed by atoms with Crippen molar-refractivity contribution in [2.45, 2.75) is 12.8 Å². The van der Waals surface area contributed by atoms with Crippen molar-refractivity contribution >= 4 is 21.8 Å². The van der Waals surface area contributed by atoms with Gasteiger partial charge >= 0.3 is 0 Å². The fraction of sp³-hybridized carbons (Fsp3) is 0.0625. The first-order chi connectivity index (χ1) is 16.3. The van der Waals surface area contributed by atoms with Gasteiger partial charge in [-0.15, -0.1) is 0 Å². The number of hydrogen-bond donors (Lipinski definition) is 0. The molecule has 0 aliphatic heterocycles. The molecule has 0 N–H and O–H groups in total. The number of fused-ring (bicyclic) bond motifs is 7. The molecule has 0 amide bonds. The summed E-state index contributed by atoms with van der Waals surface area (Å²) in [7, 11) is 0. The minimum atomic E-state index is 0.367. The van der Waals surface area contributed by atoms with Crippen LogP contribution in [-0.2, 0) is 0 Å². The summed E-state index contributed by atoms with van der Waals surface area (Å²) < 4.78 is 2.47. The molecule has 0 fully saturated rings. The highest BCUT2D eigenvalue weighted by Gasteiger charge is 2.29. The van der Waals surface area contributed by atoms with Crippen molar-refractivity contribution < 1.29 is 0 Å². The van der Waals surface area contributed by atoms with E-state index < -0.39 is 0 Å². The zero-order valence-corrected chi connectivity index (χ0v) is 18.5. The average Bonchev–Trinajstić information content (AvgIpc) is 3.37. The van der Waals surface area contributed by atoms with Crippen LogP contribution in [0.25, 0.3) is 49.7 Å². The lowest BCUT2D eigenvalue weighted by atomic mass is 9.97. The van der Waals surface area contributed by atoms with Gasteiger partial charge < -0.3 is 4.57 Å². The van der Waals surface area contributed by atoms with E-state index in [1.54, 1.807) is 0 Å². The Morgan fingerprint density at radius 2 is 1.24 bits per heavy atom. The normalized spacial score (nSPS) is 14.5. The number of benzene rings is 5. The van der Waals surface area contributed by atoms with Crippen LogP contribution in [0, 0.1) is 0 Å². The Labute approximate surface area is 193 Å². The van der Waals surface area contributed by atoms with Gasteiger partial charge in [-0.2, -0.15) is 0 Å². The molecule has 0 spiro atoms. The second-order valence-corrected chi connectivity index (χ2v) is 9.00. The summed E-state index contributed by atoms with van der Waals surface area (Å²) in [5.41, 5.74) is 11.9. The molecule has 0 saturated heterocycles. The Morgan fingerprint density at radius 3 is 2.09 bits per heavy atom. The first kappa shape index (κ1) is 18.5. The highest BCUT2D eigenvalue weighted by atomic mass is 15.0. The highest BCUT2D eigenvalue weighted by molar-refractivity contribution is 6.12. The van der Waals surface area contributed by atoms with Gasteiger partial charge in [-0.1, -0.05) is 104 Å². The van der Waals surface area contributed by atoms with Gasteiger partial charge in [0.2, 0.25) is 0 Å². The molecule has 1 aliphatic rings. The molecule has 1 atom stereocenters. The van der Waals surface area contributed by atoms with E-state index in [2.05, 4.69) is 127 Å². The largest absolute Gasteiger partial charge is 0.309 e. The average molecular weight is 422 g/mol. The van der Waals surface area contributed by atoms with E-state index in [1.165, 1.54) is 60.9 Å². The first-order valence-corrected chi connectivity index (χ1v) is 11.6. The molecule has 0 radical (unpaired) electrons. The summed E-state index contributed by atoms with van der Waals surface area (Å²) >= 11 is 0. The molecule has 1 aliphatic carbocycles. The van der Waals surface area contributed by atoms with Crippen molar-refractivity contribution in [3.8, 4) is 27.9 Å². The summed E-state index contributed by atoms with van der Waals surface area (Å²) in [5.74, 6) is 0.367. The minimum absolute atomic E-state index is 0.367. The van der Waals surface area contributed by atoms with E-state index in [4.69, 9.17) is 0 Å². The van der Waals surface area contributed by atoms with Gasteiger partial charge in [-0.25, -0.2) is 0 Å². The molecule has 1 nitrogen and oxygen atoms in total. The van der Waals surface area contributed by atoms with E-state index >= 15 is 0 Å². The lowest BCUT2D eigenvalue weighted by molar-refractivity contribution is 0.956. The van der Waals surface area contributed by atoms with E-state index in [0.29, 0.717) is 5.92 Å². The fourth-order valence-electron chi connectivity index (χ4n) is 5.73. The van der Waals surface area contributed by atoms with Crippen LogP contribution in [0.2, 0.25) is 0 Å². The van der Waals surface area contributed by atoms with Crippen LogP contribution in [0.3, 0.4) is 0 Å². The van der Waals surface area contributed by atoms with E-state index in [0.717, 1.165) is 0 Å². The summed E-state index contributed by atoms with van der Waals surface area (Å²) in [4.78, 5) is 0. The van der Waals surface area contributed by atoms with E-state index in [9.17, 15) is 0 Å². The Morgan fingerprint density at radius 1 is 0.545 bits per heavy atom. The van der Waals surface area contributed by atoms with Crippen LogP contribution in [0.5, 0.6) is 0 Å². The van der Waals surface area contributed by atoms with Crippen molar-refractivity contribution in [3.05, 3.63) is 126 Å². The Balaban J connectivity index is 1.53. The molecule has 1 aromatic heterocycles. The molecule has 6 aromatic rings. The molecular formula is C32H23N. The first-order valence-electron chi connectivity index (χ1n) is 11.6. The predicted octanol–water partition coefficient (Wildman–Crippen LogP) is 8.58. The summed E-state index contributed by atoms with van der Waals surface area (Å²) in [5, 5.41) is 2.64. The van der Waals surface area contributed by atoms with Crippen molar-refractivity contribution in [1.29, 1.82) is 0 Å². The fourth-order valence-corrected chi connectivity index (χ4v) is 5.73. The van der Waals surface area contributed by atoms with Gasteiger partial charge in [0.25, 0.3) is 0 Å². The zero-order valence-electron chi connectivity index (χ0n) is 18.5. The molecule has 156 valence electrons. The van der Waals surface area contributed by atoms with Gasteiger partial charge in [0.1, 0.15) is 0 Å². The van der Waals surface area contributed by atoms with Gasteiger partial charge in [0.15, 0.2) is 0 Å². The number of aromatic nitrogens is 1. The van der Waals surface area contributed by atoms with Crippen molar-refractivity contribution in [1.82, 2.24) is 4.57 Å². The standard InChI is InChI=1S/C32H23N/c1-21-25-11-5-6-12-26(25)28-19-20-29-27-13-7-8-14-30(27)33(32(29)31(21)28)24-17-15-23(16-18-24)22-9-3-2-4-10-22/h2-21H,1H3. The lowest BCUT2D eigenvalue weighted by Gasteiger charge is -2.14. The smallest absolute Gasteiger partial charge is 0.0585 e. The Hall–Kier alpha value is -4.10. The van der Waals surface area contributed by atoms with Crippen molar-refractivity contribution in [2.75, 3.05) is 0 Å². The molecule has 1 heteroatoms. The Kier molecular flexibility index (Phi) is 3.89. The third-order valence-electron chi connectivity index (χ3n) is 7.26. The molecule has 0 bridgehead atoms. The maximum Gasteiger partial charge on any atom is 0.0585 e. The van der Waals surface area contributed by atoms with Gasteiger partial charge in [-0.3, -0.25) is 0 Å². The third-order valence-corrected chi connectivity index (χ3v) is 7.26. The molecule has 33 heavy (non-hydrogen) atoms.